The van der Waals surface area contributed by atoms with Crippen molar-refractivity contribution in [2.24, 2.45) is 5.10 Å². The molecule has 0 bridgehead atoms. The van der Waals surface area contributed by atoms with Crippen LogP contribution in [-0.4, -0.2) is 30.7 Å². The van der Waals surface area contributed by atoms with Crippen LogP contribution in [0.3, 0.4) is 0 Å². The molecular formula is C13H12ClN3O3S. The first-order valence-corrected chi connectivity index (χ1v) is 7.15. The lowest BCUT2D eigenvalue weighted by Crippen LogP contribution is -2.34. The van der Waals surface area contributed by atoms with Crippen LogP contribution >= 0.6 is 23.4 Å². The molecule has 1 heterocycles. The number of nitrogens with one attached hydrogen (secondary N) is 2. The number of methoxy groups -OCH3 is 1. The van der Waals surface area contributed by atoms with Gasteiger partial charge in [-0.25, -0.2) is 4.79 Å². The molecule has 2 rings (SSSR count). The lowest BCUT2D eigenvalue weighted by molar-refractivity contribution is -0.135. The number of carbonyl (C=O) groups is 2. The number of hydrazone groups is 1. The number of nitrogens with zero attached hydrogens (tertiary/aromatic N) is 1. The summed E-state index contributed by atoms with van der Waals surface area (Å²) in [4.78, 5) is 23.0. The van der Waals surface area contributed by atoms with E-state index in [0.717, 1.165) is 23.4 Å². The van der Waals surface area contributed by atoms with Crippen molar-refractivity contribution in [3.05, 3.63) is 45.8 Å². The maximum absolute atomic E-state index is 11.6. The van der Waals surface area contributed by atoms with E-state index in [0.29, 0.717) is 5.02 Å². The highest BCUT2D eigenvalue weighted by molar-refractivity contribution is 8.05. The van der Waals surface area contributed by atoms with Crippen LogP contribution in [0.4, 0.5) is 0 Å². The fourth-order valence-electron chi connectivity index (χ4n) is 1.45. The fraction of sp³-hybridized carbons (Fsp3) is 0.154. The van der Waals surface area contributed by atoms with Crippen LogP contribution in [0.2, 0.25) is 5.02 Å². The summed E-state index contributed by atoms with van der Waals surface area (Å²) in [6.45, 7) is 0. The maximum atomic E-state index is 11.6. The quantitative estimate of drug-likeness (QED) is 0.379. The number of hydrogen-bond donors (Lipinski definition) is 2. The molecule has 1 saturated heterocycles. The van der Waals surface area contributed by atoms with Crippen molar-refractivity contribution in [2.45, 2.75) is 5.50 Å². The van der Waals surface area contributed by atoms with Crippen LogP contribution in [0.15, 0.2) is 40.3 Å². The monoisotopic (exact) mass is 325 g/mol. The molecule has 110 valence electrons. The van der Waals surface area contributed by atoms with Crippen molar-refractivity contribution in [2.75, 3.05) is 7.11 Å². The maximum Gasteiger partial charge on any atom is 0.331 e. The third-order valence-corrected chi connectivity index (χ3v) is 3.72. The summed E-state index contributed by atoms with van der Waals surface area (Å²) in [5.74, 6) is -0.914. The Labute approximate surface area is 130 Å². The smallest absolute Gasteiger partial charge is 0.331 e. The third kappa shape index (κ3) is 4.51. The summed E-state index contributed by atoms with van der Waals surface area (Å²) in [5.41, 5.74) is 3.20. The molecule has 1 atom stereocenters. The fourth-order valence-corrected chi connectivity index (χ4v) is 2.44. The molecule has 0 radical (unpaired) electrons. The normalized spacial score (nSPS) is 19.8. The van der Waals surface area contributed by atoms with E-state index in [2.05, 4.69) is 20.6 Å². The zero-order valence-electron chi connectivity index (χ0n) is 11.0. The van der Waals surface area contributed by atoms with Gasteiger partial charge in [0, 0.05) is 11.1 Å². The number of hydrogen-bond acceptors (Lipinski definition) is 6. The van der Waals surface area contributed by atoms with Gasteiger partial charge < -0.3 is 10.1 Å². The molecule has 0 spiro atoms. The molecule has 1 aliphatic heterocycles. The average Bonchev–Trinajstić information content (AvgIpc) is 2.81. The molecular weight excluding hydrogens is 314 g/mol. The molecule has 0 saturated carbocycles. The third-order valence-electron chi connectivity index (χ3n) is 2.46. The summed E-state index contributed by atoms with van der Waals surface area (Å²) in [7, 11) is 1.25. The van der Waals surface area contributed by atoms with Gasteiger partial charge in [0.15, 0.2) is 5.50 Å². The summed E-state index contributed by atoms with van der Waals surface area (Å²) >= 11 is 6.93. The van der Waals surface area contributed by atoms with Crippen molar-refractivity contribution in [3.63, 3.8) is 0 Å². The summed E-state index contributed by atoms with van der Waals surface area (Å²) in [5, 5.41) is 7.30. The van der Waals surface area contributed by atoms with E-state index in [1.807, 2.05) is 12.1 Å². The van der Waals surface area contributed by atoms with Crippen molar-refractivity contribution < 1.29 is 14.3 Å². The van der Waals surface area contributed by atoms with Gasteiger partial charge in [-0.15, -0.1) is 0 Å². The van der Waals surface area contributed by atoms with E-state index in [-0.39, 0.29) is 10.8 Å². The molecule has 1 amide bonds. The Morgan fingerprint density at radius 3 is 2.86 bits per heavy atom. The highest BCUT2D eigenvalue weighted by Gasteiger charge is 2.27. The van der Waals surface area contributed by atoms with Gasteiger partial charge in [-0.1, -0.05) is 35.5 Å². The number of amides is 1. The lowest BCUT2D eigenvalue weighted by Gasteiger charge is -2.06. The highest BCUT2D eigenvalue weighted by Crippen LogP contribution is 2.25. The first kappa shape index (κ1) is 15.4. The van der Waals surface area contributed by atoms with E-state index in [9.17, 15) is 9.59 Å². The molecule has 2 N–H and O–H groups in total. The second-order valence-electron chi connectivity index (χ2n) is 3.94. The molecule has 1 aromatic carbocycles. The molecule has 0 unspecified atom stereocenters. The SMILES string of the molecule is COC(=O)/C=C1\S[C@H](N/N=C\c2ccc(Cl)cc2)NC1=O. The molecule has 6 nitrogen and oxygen atoms in total. The first-order chi connectivity index (χ1) is 10.1. The van der Waals surface area contributed by atoms with Crippen molar-refractivity contribution in [1.29, 1.82) is 0 Å². The first-order valence-electron chi connectivity index (χ1n) is 5.90. The van der Waals surface area contributed by atoms with E-state index in [1.165, 1.54) is 7.11 Å². The molecule has 1 aromatic rings. The zero-order chi connectivity index (χ0) is 15.2. The molecule has 21 heavy (non-hydrogen) atoms. The molecule has 1 fully saturated rings. The van der Waals surface area contributed by atoms with Gasteiger partial charge >= 0.3 is 5.97 Å². The van der Waals surface area contributed by atoms with Crippen LogP contribution in [-0.2, 0) is 14.3 Å². The topological polar surface area (TPSA) is 79.8 Å². The van der Waals surface area contributed by atoms with Gasteiger partial charge in [0.25, 0.3) is 5.91 Å². The predicted octanol–water partition coefficient (Wildman–Crippen LogP) is 1.47. The minimum absolute atomic E-state index is 0.279. The van der Waals surface area contributed by atoms with Gasteiger partial charge in [0.2, 0.25) is 0 Å². The Kier molecular flexibility index (Phi) is 5.24. The number of benzene rings is 1. The number of thioether (sulfide) groups is 1. The Morgan fingerprint density at radius 2 is 2.19 bits per heavy atom. The van der Waals surface area contributed by atoms with E-state index < -0.39 is 11.5 Å². The standard InChI is InChI=1S/C13H12ClN3O3S/c1-20-11(18)6-10-12(19)16-13(21-10)17-15-7-8-2-4-9(14)5-3-8/h2-7,13,17H,1H3,(H,16,19)/b10-6-,15-7-/t13-/m0/s1. The van der Waals surface area contributed by atoms with Crippen LogP contribution in [0.5, 0.6) is 0 Å². The average molecular weight is 326 g/mol. The van der Waals surface area contributed by atoms with Crippen molar-refractivity contribution in [3.8, 4) is 0 Å². The van der Waals surface area contributed by atoms with E-state index >= 15 is 0 Å². The van der Waals surface area contributed by atoms with Crippen molar-refractivity contribution >= 4 is 41.5 Å². The Morgan fingerprint density at radius 1 is 1.48 bits per heavy atom. The zero-order valence-corrected chi connectivity index (χ0v) is 12.6. The number of rotatable bonds is 4. The van der Waals surface area contributed by atoms with E-state index in [1.54, 1.807) is 18.3 Å². The summed E-state index contributed by atoms with van der Waals surface area (Å²) in [6, 6.07) is 7.14. The summed E-state index contributed by atoms with van der Waals surface area (Å²) in [6.07, 6.45) is 2.75. The second kappa shape index (κ2) is 7.14. The Hall–Kier alpha value is -1.99. The molecule has 0 aromatic heterocycles. The van der Waals surface area contributed by atoms with E-state index in [4.69, 9.17) is 11.6 Å². The van der Waals surface area contributed by atoms with Gasteiger partial charge in [-0.05, 0) is 17.7 Å². The van der Waals surface area contributed by atoms with Gasteiger partial charge in [-0.3, -0.25) is 10.2 Å². The predicted molar refractivity (Wildman–Crippen MR) is 81.8 cm³/mol. The van der Waals surface area contributed by atoms with Crippen LogP contribution in [0, 0.1) is 0 Å². The van der Waals surface area contributed by atoms with Gasteiger partial charge in [0.1, 0.15) is 0 Å². The Bertz CT molecular complexity index is 601. The highest BCUT2D eigenvalue weighted by atomic mass is 35.5. The molecule has 0 aliphatic carbocycles. The molecule has 1 aliphatic rings. The van der Waals surface area contributed by atoms with Crippen LogP contribution < -0.4 is 10.7 Å². The Balaban J connectivity index is 1.90. The largest absolute Gasteiger partial charge is 0.466 e. The number of carbonyl (C=O) groups excluding carboxylic acids is 2. The number of ether oxygens (including phenoxy) is 1. The lowest BCUT2D eigenvalue weighted by atomic mass is 10.2. The van der Waals surface area contributed by atoms with Gasteiger partial charge in [-0.2, -0.15) is 5.10 Å². The number of halogens is 1. The van der Waals surface area contributed by atoms with Crippen molar-refractivity contribution in [1.82, 2.24) is 10.7 Å². The minimum atomic E-state index is -0.571. The summed E-state index contributed by atoms with van der Waals surface area (Å²) < 4.78 is 4.47. The van der Waals surface area contributed by atoms with Crippen LogP contribution in [0.1, 0.15) is 5.56 Å². The second-order valence-corrected chi connectivity index (χ2v) is 5.53. The molecule has 8 heteroatoms. The van der Waals surface area contributed by atoms with Crippen LogP contribution in [0.25, 0.3) is 0 Å². The number of esters is 1. The van der Waals surface area contributed by atoms with Gasteiger partial charge in [0.05, 0.1) is 18.2 Å². The minimum Gasteiger partial charge on any atom is -0.466 e.